The molecule has 0 bridgehead atoms. The van der Waals surface area contributed by atoms with Crippen LogP contribution in [0.15, 0.2) is 48.5 Å². The van der Waals surface area contributed by atoms with Crippen LogP contribution in [-0.2, 0) is 24.2 Å². The van der Waals surface area contributed by atoms with Crippen molar-refractivity contribution in [2.75, 3.05) is 6.54 Å². The zero-order valence-electron chi connectivity index (χ0n) is 13.6. The van der Waals surface area contributed by atoms with E-state index in [4.69, 9.17) is 11.6 Å². The van der Waals surface area contributed by atoms with Crippen LogP contribution in [0.5, 0.6) is 0 Å². The number of nitrogens with zero attached hydrogens (tertiary/aromatic N) is 2. The van der Waals surface area contributed by atoms with Gasteiger partial charge in [0.25, 0.3) is 0 Å². The lowest BCUT2D eigenvalue weighted by Gasteiger charge is -2.08. The van der Waals surface area contributed by atoms with Gasteiger partial charge in [-0.3, -0.25) is 4.79 Å². The molecule has 4 nitrogen and oxygen atoms in total. The summed E-state index contributed by atoms with van der Waals surface area (Å²) in [5.74, 6) is 1.02. The lowest BCUT2D eigenvalue weighted by molar-refractivity contribution is -0.120. The molecule has 2 aromatic carbocycles. The van der Waals surface area contributed by atoms with E-state index in [2.05, 4.69) is 27.9 Å². The third-order valence-electron chi connectivity index (χ3n) is 4.00. The van der Waals surface area contributed by atoms with E-state index in [1.165, 1.54) is 0 Å². The largest absolute Gasteiger partial charge is 0.355 e. The van der Waals surface area contributed by atoms with E-state index in [-0.39, 0.29) is 5.91 Å². The second kappa shape index (κ2) is 7.49. The van der Waals surface area contributed by atoms with Gasteiger partial charge >= 0.3 is 0 Å². The molecule has 0 aliphatic carbocycles. The van der Waals surface area contributed by atoms with Crippen molar-refractivity contribution in [3.8, 4) is 0 Å². The Morgan fingerprint density at radius 1 is 1.17 bits per heavy atom. The number of hydrogen-bond donors (Lipinski definition) is 1. The number of fused-ring (bicyclic) bond motifs is 1. The van der Waals surface area contributed by atoms with Crippen molar-refractivity contribution in [3.05, 3.63) is 64.9 Å². The average molecular weight is 342 g/mol. The summed E-state index contributed by atoms with van der Waals surface area (Å²) in [4.78, 5) is 16.7. The summed E-state index contributed by atoms with van der Waals surface area (Å²) >= 11 is 5.85. The third kappa shape index (κ3) is 3.77. The maximum absolute atomic E-state index is 12.0. The Morgan fingerprint density at radius 2 is 1.92 bits per heavy atom. The number of carbonyl (C=O) groups excluding carboxylic acids is 1. The molecule has 5 heteroatoms. The summed E-state index contributed by atoms with van der Waals surface area (Å²) in [6.07, 6.45) is 1.08. The number of hydrogen-bond acceptors (Lipinski definition) is 2. The van der Waals surface area contributed by atoms with E-state index in [0.29, 0.717) is 18.0 Å². The minimum atomic E-state index is 0.0106. The number of para-hydroxylation sites is 2. The molecule has 0 atom stereocenters. The minimum absolute atomic E-state index is 0.0106. The molecule has 24 heavy (non-hydrogen) atoms. The zero-order chi connectivity index (χ0) is 16.9. The van der Waals surface area contributed by atoms with Gasteiger partial charge in [-0.1, -0.05) is 35.9 Å². The molecule has 0 spiro atoms. The normalized spacial score (nSPS) is 10.9. The maximum atomic E-state index is 12.0. The van der Waals surface area contributed by atoms with E-state index >= 15 is 0 Å². The van der Waals surface area contributed by atoms with Crippen molar-refractivity contribution >= 4 is 28.5 Å². The average Bonchev–Trinajstić information content (AvgIpc) is 2.94. The van der Waals surface area contributed by atoms with Crippen molar-refractivity contribution in [3.63, 3.8) is 0 Å². The Morgan fingerprint density at radius 3 is 2.67 bits per heavy atom. The SMILES string of the molecule is CCn1c(CCNC(=O)Cc2ccc(Cl)cc2)nc2ccccc21. The highest BCUT2D eigenvalue weighted by molar-refractivity contribution is 6.30. The van der Waals surface area contributed by atoms with Gasteiger partial charge in [0, 0.05) is 24.5 Å². The number of carbonyl (C=O) groups is 1. The standard InChI is InChI=1S/C19H20ClN3O/c1-2-23-17-6-4-3-5-16(17)22-18(23)11-12-21-19(24)13-14-7-9-15(20)10-8-14/h3-10H,2,11-13H2,1H3,(H,21,24). The van der Waals surface area contributed by atoms with Gasteiger partial charge in [0.1, 0.15) is 5.82 Å². The molecule has 1 amide bonds. The first-order chi connectivity index (χ1) is 11.7. The molecular weight excluding hydrogens is 322 g/mol. The summed E-state index contributed by atoms with van der Waals surface area (Å²) in [6, 6.07) is 15.5. The van der Waals surface area contributed by atoms with Crippen LogP contribution < -0.4 is 5.32 Å². The van der Waals surface area contributed by atoms with Gasteiger partial charge in [0.15, 0.2) is 0 Å². The number of aryl methyl sites for hydroxylation is 1. The first-order valence-corrected chi connectivity index (χ1v) is 8.50. The molecule has 1 aromatic heterocycles. The number of imidazole rings is 1. The quantitative estimate of drug-likeness (QED) is 0.744. The summed E-state index contributed by atoms with van der Waals surface area (Å²) < 4.78 is 2.20. The van der Waals surface area contributed by atoms with Crippen LogP contribution in [0.25, 0.3) is 11.0 Å². The van der Waals surface area contributed by atoms with Crippen LogP contribution in [-0.4, -0.2) is 22.0 Å². The first kappa shape index (κ1) is 16.5. The van der Waals surface area contributed by atoms with Crippen molar-refractivity contribution < 1.29 is 4.79 Å². The molecule has 0 saturated heterocycles. The molecule has 0 aliphatic heterocycles. The molecule has 0 fully saturated rings. The van der Waals surface area contributed by atoms with Crippen LogP contribution in [0, 0.1) is 0 Å². The first-order valence-electron chi connectivity index (χ1n) is 8.12. The van der Waals surface area contributed by atoms with E-state index < -0.39 is 0 Å². The Kier molecular flexibility index (Phi) is 5.16. The monoisotopic (exact) mass is 341 g/mol. The van der Waals surface area contributed by atoms with Crippen LogP contribution in [0.2, 0.25) is 5.02 Å². The second-order valence-corrected chi connectivity index (χ2v) is 6.10. The highest BCUT2D eigenvalue weighted by Crippen LogP contribution is 2.16. The Hall–Kier alpha value is -2.33. The van der Waals surface area contributed by atoms with Crippen LogP contribution in [0.1, 0.15) is 18.3 Å². The van der Waals surface area contributed by atoms with Crippen molar-refractivity contribution in [2.24, 2.45) is 0 Å². The van der Waals surface area contributed by atoms with Crippen LogP contribution in [0.4, 0.5) is 0 Å². The molecule has 0 unspecified atom stereocenters. The summed E-state index contributed by atoms with van der Waals surface area (Å²) in [5, 5.41) is 3.64. The Labute approximate surface area is 146 Å². The molecule has 1 heterocycles. The van der Waals surface area contributed by atoms with Crippen LogP contribution in [0.3, 0.4) is 0 Å². The topological polar surface area (TPSA) is 46.9 Å². The van der Waals surface area contributed by atoms with Crippen LogP contribution >= 0.6 is 11.6 Å². The van der Waals surface area contributed by atoms with Crippen molar-refractivity contribution in [2.45, 2.75) is 26.3 Å². The predicted octanol–water partition coefficient (Wildman–Crippen LogP) is 3.61. The van der Waals surface area contributed by atoms with Gasteiger partial charge in [-0.05, 0) is 36.8 Å². The van der Waals surface area contributed by atoms with E-state index in [9.17, 15) is 4.79 Å². The third-order valence-corrected chi connectivity index (χ3v) is 4.25. The fourth-order valence-electron chi connectivity index (χ4n) is 2.83. The van der Waals surface area contributed by atoms with Gasteiger partial charge in [-0.25, -0.2) is 4.98 Å². The molecule has 0 radical (unpaired) electrons. The van der Waals surface area contributed by atoms with Gasteiger partial charge in [0.2, 0.25) is 5.91 Å². The number of nitrogens with one attached hydrogen (secondary N) is 1. The van der Waals surface area contributed by atoms with Gasteiger partial charge in [-0.2, -0.15) is 0 Å². The van der Waals surface area contributed by atoms with Crippen molar-refractivity contribution in [1.29, 1.82) is 0 Å². The summed E-state index contributed by atoms with van der Waals surface area (Å²) in [5.41, 5.74) is 3.10. The second-order valence-electron chi connectivity index (χ2n) is 5.66. The van der Waals surface area contributed by atoms with Gasteiger partial charge < -0.3 is 9.88 Å². The highest BCUT2D eigenvalue weighted by atomic mass is 35.5. The minimum Gasteiger partial charge on any atom is -0.355 e. The molecule has 1 N–H and O–H groups in total. The highest BCUT2D eigenvalue weighted by Gasteiger charge is 2.09. The fourth-order valence-corrected chi connectivity index (χ4v) is 2.96. The molecule has 3 rings (SSSR count). The Balaban J connectivity index is 1.58. The number of benzene rings is 2. The summed E-state index contributed by atoms with van der Waals surface area (Å²) in [7, 11) is 0. The predicted molar refractivity (Wildman–Crippen MR) is 97.3 cm³/mol. The number of aromatic nitrogens is 2. The maximum Gasteiger partial charge on any atom is 0.224 e. The smallest absolute Gasteiger partial charge is 0.224 e. The van der Waals surface area contributed by atoms with E-state index in [0.717, 1.165) is 35.4 Å². The molecule has 0 aliphatic rings. The Bertz CT molecular complexity index is 839. The van der Waals surface area contributed by atoms with Gasteiger partial charge in [-0.15, -0.1) is 0 Å². The summed E-state index contributed by atoms with van der Waals surface area (Å²) in [6.45, 7) is 3.56. The molecule has 124 valence electrons. The molecule has 0 saturated carbocycles. The zero-order valence-corrected chi connectivity index (χ0v) is 14.4. The fraction of sp³-hybridized carbons (Fsp3) is 0.263. The lowest BCUT2D eigenvalue weighted by Crippen LogP contribution is -2.27. The lowest BCUT2D eigenvalue weighted by atomic mass is 10.1. The number of halogens is 1. The van der Waals surface area contributed by atoms with E-state index in [1.807, 2.05) is 30.3 Å². The molecular formula is C19H20ClN3O. The van der Waals surface area contributed by atoms with Gasteiger partial charge in [0.05, 0.1) is 17.5 Å². The number of rotatable bonds is 6. The molecule has 3 aromatic rings. The number of amides is 1. The van der Waals surface area contributed by atoms with Crippen molar-refractivity contribution in [1.82, 2.24) is 14.9 Å². The van der Waals surface area contributed by atoms with E-state index in [1.54, 1.807) is 12.1 Å².